The molecule has 1 fully saturated rings. The molecule has 2 aromatic rings. The van der Waals surface area contributed by atoms with Crippen LogP contribution >= 0.6 is 23.2 Å². The van der Waals surface area contributed by atoms with Gasteiger partial charge in [-0.05, 0) is 24.5 Å². The molecule has 134 valence electrons. The molecule has 3 rings (SSSR count). The number of imidazole rings is 1. The molecule has 0 amide bonds. The molecule has 0 spiro atoms. The van der Waals surface area contributed by atoms with Crippen LogP contribution in [0, 0.1) is 5.92 Å². The maximum Gasteiger partial charge on any atom is 0.306 e. The average molecular weight is 381 g/mol. The molecule has 4 nitrogen and oxygen atoms in total. The van der Waals surface area contributed by atoms with Gasteiger partial charge in [-0.1, -0.05) is 55.0 Å². The Kier molecular flexibility index (Phi) is 6.38. The van der Waals surface area contributed by atoms with Gasteiger partial charge < -0.3 is 9.30 Å². The summed E-state index contributed by atoms with van der Waals surface area (Å²) in [7, 11) is 0. The third-order valence-electron chi connectivity index (χ3n) is 4.75. The van der Waals surface area contributed by atoms with Gasteiger partial charge in [-0.2, -0.15) is 0 Å². The molecule has 1 atom stereocenters. The van der Waals surface area contributed by atoms with Crippen LogP contribution in [0.25, 0.3) is 0 Å². The number of hydrogen-bond donors (Lipinski definition) is 0. The highest BCUT2D eigenvalue weighted by atomic mass is 35.5. The normalized spacial score (nSPS) is 16.1. The molecule has 0 N–H and O–H groups in total. The van der Waals surface area contributed by atoms with Crippen LogP contribution in [0.15, 0.2) is 36.9 Å². The van der Waals surface area contributed by atoms with Crippen LogP contribution in [-0.2, 0) is 16.1 Å². The Morgan fingerprint density at radius 1 is 1.32 bits per heavy atom. The number of benzene rings is 1. The van der Waals surface area contributed by atoms with Crippen LogP contribution < -0.4 is 0 Å². The van der Waals surface area contributed by atoms with Crippen molar-refractivity contribution in [1.82, 2.24) is 9.55 Å². The van der Waals surface area contributed by atoms with Crippen LogP contribution in [0.5, 0.6) is 0 Å². The van der Waals surface area contributed by atoms with Gasteiger partial charge in [0.25, 0.3) is 0 Å². The van der Waals surface area contributed by atoms with Gasteiger partial charge in [-0.25, -0.2) is 4.98 Å². The number of rotatable bonds is 7. The fourth-order valence-electron chi connectivity index (χ4n) is 3.39. The lowest BCUT2D eigenvalue weighted by Gasteiger charge is -2.20. The van der Waals surface area contributed by atoms with E-state index in [0.717, 1.165) is 12.0 Å². The molecule has 1 saturated carbocycles. The molecule has 25 heavy (non-hydrogen) atoms. The van der Waals surface area contributed by atoms with Crippen LogP contribution in [0.4, 0.5) is 0 Å². The first-order chi connectivity index (χ1) is 12.1. The predicted molar refractivity (Wildman–Crippen MR) is 98.7 cm³/mol. The van der Waals surface area contributed by atoms with Crippen molar-refractivity contribution < 1.29 is 9.53 Å². The molecule has 1 unspecified atom stereocenters. The minimum atomic E-state index is -0.463. The Morgan fingerprint density at radius 2 is 2.12 bits per heavy atom. The third-order valence-corrected chi connectivity index (χ3v) is 5.31. The first-order valence-corrected chi connectivity index (χ1v) is 9.47. The SMILES string of the molecule is O=C(CCC1CCCC1)OC(Cn1ccnc1)c1ccc(Cl)cc1Cl. The maximum absolute atomic E-state index is 12.4. The monoisotopic (exact) mass is 380 g/mol. The minimum absolute atomic E-state index is 0.178. The van der Waals surface area contributed by atoms with E-state index in [1.807, 2.05) is 16.8 Å². The van der Waals surface area contributed by atoms with E-state index >= 15 is 0 Å². The summed E-state index contributed by atoms with van der Waals surface area (Å²) < 4.78 is 7.65. The number of nitrogens with zero attached hydrogens (tertiary/aromatic N) is 2. The smallest absolute Gasteiger partial charge is 0.306 e. The van der Waals surface area contributed by atoms with Crippen molar-refractivity contribution in [2.45, 2.75) is 51.2 Å². The van der Waals surface area contributed by atoms with E-state index in [9.17, 15) is 4.79 Å². The Hall–Kier alpha value is -1.52. The van der Waals surface area contributed by atoms with E-state index in [2.05, 4.69) is 4.98 Å². The number of carbonyl (C=O) groups is 1. The molecule has 0 bridgehead atoms. The first kappa shape index (κ1) is 18.3. The van der Waals surface area contributed by atoms with Crippen LogP contribution in [0.3, 0.4) is 0 Å². The molecule has 0 aliphatic heterocycles. The van der Waals surface area contributed by atoms with Gasteiger partial charge >= 0.3 is 5.97 Å². The lowest BCUT2D eigenvalue weighted by molar-refractivity contribution is -0.150. The van der Waals surface area contributed by atoms with E-state index < -0.39 is 6.10 Å². The zero-order valence-corrected chi connectivity index (χ0v) is 15.5. The number of ether oxygens (including phenoxy) is 1. The van der Waals surface area contributed by atoms with Gasteiger partial charge in [-0.15, -0.1) is 0 Å². The summed E-state index contributed by atoms with van der Waals surface area (Å²) in [6.45, 7) is 0.469. The van der Waals surface area contributed by atoms with Gasteiger partial charge in [-0.3, -0.25) is 4.79 Å². The second kappa shape index (κ2) is 8.72. The summed E-state index contributed by atoms with van der Waals surface area (Å²) >= 11 is 12.3. The van der Waals surface area contributed by atoms with Gasteiger partial charge in [0.2, 0.25) is 0 Å². The molecule has 6 heteroatoms. The highest BCUT2D eigenvalue weighted by Gasteiger charge is 2.22. The lowest BCUT2D eigenvalue weighted by atomic mass is 10.0. The first-order valence-electron chi connectivity index (χ1n) is 8.72. The molecular formula is C19H22Cl2N2O2. The number of esters is 1. The largest absolute Gasteiger partial charge is 0.455 e. The Labute approximate surface area is 158 Å². The Balaban J connectivity index is 1.68. The van der Waals surface area contributed by atoms with E-state index in [-0.39, 0.29) is 5.97 Å². The van der Waals surface area contributed by atoms with E-state index in [1.54, 1.807) is 24.7 Å². The summed E-state index contributed by atoms with van der Waals surface area (Å²) in [6.07, 6.45) is 11.2. The summed E-state index contributed by atoms with van der Waals surface area (Å²) in [4.78, 5) is 16.4. The zero-order chi connectivity index (χ0) is 17.6. The quantitative estimate of drug-likeness (QED) is 0.600. The van der Waals surface area contributed by atoms with Gasteiger partial charge in [0, 0.05) is 34.4 Å². The number of hydrogen-bond acceptors (Lipinski definition) is 3. The average Bonchev–Trinajstić information content (AvgIpc) is 3.26. The van der Waals surface area contributed by atoms with Crippen molar-refractivity contribution >= 4 is 29.2 Å². The Bertz CT molecular complexity index is 697. The molecule has 0 saturated heterocycles. The highest BCUT2D eigenvalue weighted by Crippen LogP contribution is 2.32. The molecular weight excluding hydrogens is 359 g/mol. The van der Waals surface area contributed by atoms with Crippen molar-refractivity contribution in [1.29, 1.82) is 0 Å². The summed E-state index contributed by atoms with van der Waals surface area (Å²) in [5, 5.41) is 1.06. The van der Waals surface area contributed by atoms with Gasteiger partial charge in [0.1, 0.15) is 6.10 Å². The van der Waals surface area contributed by atoms with Crippen LogP contribution in [-0.4, -0.2) is 15.5 Å². The molecule has 0 radical (unpaired) electrons. The third kappa shape index (κ3) is 5.23. The van der Waals surface area contributed by atoms with Crippen LogP contribution in [0.2, 0.25) is 10.0 Å². The maximum atomic E-state index is 12.4. The molecule has 1 aromatic carbocycles. The van der Waals surface area contributed by atoms with Crippen molar-refractivity contribution in [3.63, 3.8) is 0 Å². The molecule has 1 heterocycles. The molecule has 1 aliphatic carbocycles. The topological polar surface area (TPSA) is 44.1 Å². The number of halogens is 2. The van der Waals surface area contributed by atoms with E-state index in [1.165, 1.54) is 25.7 Å². The number of aromatic nitrogens is 2. The fourth-order valence-corrected chi connectivity index (χ4v) is 3.92. The second-order valence-electron chi connectivity index (χ2n) is 6.59. The Morgan fingerprint density at radius 3 is 2.80 bits per heavy atom. The van der Waals surface area contributed by atoms with Crippen LogP contribution in [0.1, 0.15) is 50.2 Å². The molecule has 1 aromatic heterocycles. The van der Waals surface area contributed by atoms with Crippen molar-refractivity contribution in [3.8, 4) is 0 Å². The minimum Gasteiger partial charge on any atom is -0.455 e. The standard InChI is InChI=1S/C19H22Cl2N2O2/c20-15-6-7-16(17(21)11-15)18(12-23-10-9-22-13-23)25-19(24)8-5-14-3-1-2-4-14/h6-7,9-11,13-14,18H,1-5,8,12H2. The van der Waals surface area contributed by atoms with Gasteiger partial charge in [0.15, 0.2) is 0 Å². The highest BCUT2D eigenvalue weighted by molar-refractivity contribution is 6.35. The predicted octanol–water partition coefficient (Wildman–Crippen LogP) is 5.44. The second-order valence-corrected chi connectivity index (χ2v) is 7.44. The van der Waals surface area contributed by atoms with E-state index in [4.69, 9.17) is 27.9 Å². The van der Waals surface area contributed by atoms with E-state index in [0.29, 0.717) is 28.9 Å². The fraction of sp³-hybridized carbons (Fsp3) is 0.474. The summed E-state index contributed by atoms with van der Waals surface area (Å²) in [6, 6.07) is 5.25. The number of carbonyl (C=O) groups excluding carboxylic acids is 1. The summed E-state index contributed by atoms with van der Waals surface area (Å²) in [5.41, 5.74) is 0.758. The van der Waals surface area contributed by atoms with Crippen molar-refractivity contribution in [2.24, 2.45) is 5.92 Å². The van der Waals surface area contributed by atoms with Gasteiger partial charge in [0.05, 0.1) is 12.9 Å². The van der Waals surface area contributed by atoms with Crippen molar-refractivity contribution in [3.05, 3.63) is 52.5 Å². The molecule has 1 aliphatic rings. The van der Waals surface area contributed by atoms with Crippen molar-refractivity contribution in [2.75, 3.05) is 0 Å². The summed E-state index contributed by atoms with van der Waals surface area (Å²) in [5.74, 6) is 0.488. The zero-order valence-electron chi connectivity index (χ0n) is 14.0. The lowest BCUT2D eigenvalue weighted by Crippen LogP contribution is -2.17.